The summed E-state index contributed by atoms with van der Waals surface area (Å²) in [5.74, 6) is 5.50. The maximum absolute atomic E-state index is 13.7. The number of hydrazone groups is 1. The van der Waals surface area contributed by atoms with Crippen molar-refractivity contribution >= 4 is 29.2 Å². The molecule has 146 valence electrons. The van der Waals surface area contributed by atoms with E-state index in [0.717, 1.165) is 31.2 Å². The van der Waals surface area contributed by atoms with E-state index in [4.69, 9.17) is 27.9 Å². The lowest BCUT2D eigenvalue weighted by atomic mass is 9.84. The van der Waals surface area contributed by atoms with Crippen LogP contribution in [0.25, 0.3) is 0 Å². The van der Waals surface area contributed by atoms with Gasteiger partial charge in [-0.15, -0.1) is 0 Å². The van der Waals surface area contributed by atoms with Crippen molar-refractivity contribution in [2.24, 2.45) is 16.7 Å². The van der Waals surface area contributed by atoms with Crippen LogP contribution in [0.4, 0.5) is 14.9 Å². The molecule has 4 rings (SSSR count). The molecule has 2 aromatic rings. The highest BCUT2D eigenvalue weighted by Gasteiger charge is 2.45. The van der Waals surface area contributed by atoms with Crippen molar-refractivity contribution in [1.82, 2.24) is 5.32 Å². The summed E-state index contributed by atoms with van der Waals surface area (Å²) in [7, 11) is 0. The molecule has 0 aromatic heterocycles. The van der Waals surface area contributed by atoms with Gasteiger partial charge in [0.05, 0.1) is 21.8 Å². The van der Waals surface area contributed by atoms with Crippen LogP contribution in [0.2, 0.25) is 5.02 Å². The van der Waals surface area contributed by atoms with Crippen LogP contribution in [-0.4, -0.2) is 11.9 Å². The van der Waals surface area contributed by atoms with E-state index in [9.17, 15) is 9.18 Å². The third-order valence-electron chi connectivity index (χ3n) is 5.22. The fourth-order valence-corrected chi connectivity index (χ4v) is 4.20. The van der Waals surface area contributed by atoms with Gasteiger partial charge in [0, 0.05) is 5.56 Å². The lowest BCUT2D eigenvalue weighted by molar-refractivity contribution is 0.232. The van der Waals surface area contributed by atoms with E-state index < -0.39 is 11.4 Å². The molecule has 2 aliphatic rings. The number of hydrogen-bond donors (Lipinski definition) is 4. The van der Waals surface area contributed by atoms with Gasteiger partial charge < -0.3 is 26.9 Å². The standard InChI is InChI=1S/C19H19ClFN5O2/c20-12-4-6-14(28-13-5-3-10(21)9-11(13)17(22)26-23)15-16(12)24-18(27)25-19(15)7-1-2-8-19/h3-6,9H,1-2,7-8,23H2,(H2,22,26)(H2,24,25,27). The molecular formula is C19H19ClFN5O2. The first-order valence-corrected chi connectivity index (χ1v) is 9.24. The van der Waals surface area contributed by atoms with E-state index in [-0.39, 0.29) is 17.4 Å². The molecule has 0 unspecified atom stereocenters. The fraction of sp³-hybridized carbons (Fsp3) is 0.263. The monoisotopic (exact) mass is 403 g/mol. The predicted molar refractivity (Wildman–Crippen MR) is 105 cm³/mol. The van der Waals surface area contributed by atoms with Crippen molar-refractivity contribution in [1.29, 1.82) is 0 Å². The minimum Gasteiger partial charge on any atom is -0.456 e. The minimum absolute atomic E-state index is 0.0562. The Morgan fingerprint density at radius 1 is 1.21 bits per heavy atom. The first-order valence-electron chi connectivity index (χ1n) is 8.87. The van der Waals surface area contributed by atoms with Gasteiger partial charge in [-0.3, -0.25) is 0 Å². The third-order valence-corrected chi connectivity index (χ3v) is 5.53. The molecule has 0 bridgehead atoms. The van der Waals surface area contributed by atoms with Crippen LogP contribution >= 0.6 is 11.6 Å². The third kappa shape index (κ3) is 2.99. The number of amides is 2. The highest BCUT2D eigenvalue weighted by molar-refractivity contribution is 6.34. The van der Waals surface area contributed by atoms with Gasteiger partial charge in [-0.2, -0.15) is 5.10 Å². The van der Waals surface area contributed by atoms with Gasteiger partial charge >= 0.3 is 6.03 Å². The molecule has 0 atom stereocenters. The van der Waals surface area contributed by atoms with Gasteiger partial charge in [-0.25, -0.2) is 9.18 Å². The van der Waals surface area contributed by atoms with Gasteiger partial charge in [-0.1, -0.05) is 24.4 Å². The summed E-state index contributed by atoms with van der Waals surface area (Å²) in [5, 5.41) is 9.68. The summed E-state index contributed by atoms with van der Waals surface area (Å²) >= 11 is 6.37. The number of nitrogens with one attached hydrogen (secondary N) is 2. The molecule has 6 N–H and O–H groups in total. The normalized spacial score (nSPS) is 17.8. The van der Waals surface area contributed by atoms with Crippen LogP contribution in [0.5, 0.6) is 11.5 Å². The quantitative estimate of drug-likeness (QED) is 0.270. The number of nitrogens with two attached hydrogens (primary N) is 2. The van der Waals surface area contributed by atoms with Crippen LogP contribution < -0.4 is 26.9 Å². The van der Waals surface area contributed by atoms with Gasteiger partial charge in [-0.05, 0) is 43.2 Å². The Morgan fingerprint density at radius 2 is 1.93 bits per heavy atom. The molecule has 7 nitrogen and oxygen atoms in total. The topological polar surface area (TPSA) is 115 Å². The number of halogens is 2. The number of benzene rings is 2. The SMILES string of the molecule is N/N=C(\N)c1cc(F)ccc1Oc1ccc(Cl)c2c1C1(CCCC1)NC(=O)N2. The summed E-state index contributed by atoms with van der Waals surface area (Å²) in [6.45, 7) is 0. The van der Waals surface area contributed by atoms with E-state index >= 15 is 0 Å². The number of ether oxygens (including phenoxy) is 1. The Morgan fingerprint density at radius 3 is 2.64 bits per heavy atom. The molecule has 1 fully saturated rings. The molecule has 1 saturated carbocycles. The van der Waals surface area contributed by atoms with Crippen molar-refractivity contribution < 1.29 is 13.9 Å². The van der Waals surface area contributed by atoms with Crippen LogP contribution in [0.1, 0.15) is 36.8 Å². The lowest BCUT2D eigenvalue weighted by Crippen LogP contribution is -2.50. The number of fused-ring (bicyclic) bond motifs is 2. The van der Waals surface area contributed by atoms with E-state index in [1.54, 1.807) is 12.1 Å². The lowest BCUT2D eigenvalue weighted by Gasteiger charge is -2.38. The van der Waals surface area contributed by atoms with Crippen LogP contribution in [0.15, 0.2) is 35.4 Å². The Balaban J connectivity index is 1.86. The molecule has 1 aliphatic heterocycles. The van der Waals surface area contributed by atoms with Crippen molar-refractivity contribution in [3.63, 3.8) is 0 Å². The second kappa shape index (κ2) is 6.87. The highest BCUT2D eigenvalue weighted by Crippen LogP contribution is 2.51. The molecule has 9 heteroatoms. The van der Waals surface area contributed by atoms with Crippen molar-refractivity contribution in [2.45, 2.75) is 31.2 Å². The Hall–Kier alpha value is -3.00. The molecule has 1 heterocycles. The largest absolute Gasteiger partial charge is 0.456 e. The maximum Gasteiger partial charge on any atom is 0.319 e. The molecule has 2 amide bonds. The predicted octanol–water partition coefficient (Wildman–Crippen LogP) is 3.75. The van der Waals surface area contributed by atoms with E-state index in [2.05, 4.69) is 15.7 Å². The first-order chi connectivity index (χ1) is 13.4. The summed E-state index contributed by atoms with van der Waals surface area (Å²) in [6, 6.07) is 7.00. The van der Waals surface area contributed by atoms with Gasteiger partial charge in [0.2, 0.25) is 0 Å². The second-order valence-corrected chi connectivity index (χ2v) is 7.33. The number of carbonyl (C=O) groups excluding carboxylic acids is 1. The molecule has 28 heavy (non-hydrogen) atoms. The number of carbonyl (C=O) groups is 1. The van der Waals surface area contributed by atoms with Crippen LogP contribution in [0.3, 0.4) is 0 Å². The van der Waals surface area contributed by atoms with Gasteiger partial charge in [0.25, 0.3) is 0 Å². The van der Waals surface area contributed by atoms with Gasteiger partial charge in [0.1, 0.15) is 17.3 Å². The maximum atomic E-state index is 13.7. The summed E-state index contributed by atoms with van der Waals surface area (Å²) in [5.41, 5.74) is 6.77. The zero-order valence-corrected chi connectivity index (χ0v) is 15.6. The number of urea groups is 1. The summed E-state index contributed by atoms with van der Waals surface area (Å²) in [6.07, 6.45) is 3.49. The first kappa shape index (κ1) is 18.4. The summed E-state index contributed by atoms with van der Waals surface area (Å²) in [4.78, 5) is 12.2. The molecule has 0 radical (unpaired) electrons. The Labute approximate surface area is 165 Å². The van der Waals surface area contributed by atoms with Crippen molar-refractivity contribution in [3.8, 4) is 11.5 Å². The number of rotatable bonds is 3. The number of nitrogens with zero attached hydrogens (tertiary/aromatic N) is 1. The second-order valence-electron chi connectivity index (χ2n) is 6.92. The molecule has 2 aromatic carbocycles. The fourth-order valence-electron chi connectivity index (χ4n) is 4.00. The van der Waals surface area contributed by atoms with E-state index in [1.807, 2.05) is 0 Å². The number of hydrogen-bond acceptors (Lipinski definition) is 4. The highest BCUT2D eigenvalue weighted by atomic mass is 35.5. The zero-order valence-electron chi connectivity index (χ0n) is 14.9. The minimum atomic E-state index is -0.564. The van der Waals surface area contributed by atoms with Crippen molar-refractivity contribution in [2.75, 3.05) is 5.32 Å². The van der Waals surface area contributed by atoms with E-state index in [1.165, 1.54) is 18.2 Å². The van der Waals surface area contributed by atoms with Crippen LogP contribution in [-0.2, 0) is 5.54 Å². The smallest absolute Gasteiger partial charge is 0.319 e. The van der Waals surface area contributed by atoms with Crippen molar-refractivity contribution in [3.05, 3.63) is 52.3 Å². The zero-order chi connectivity index (χ0) is 19.9. The number of amidine groups is 1. The molecular weight excluding hydrogens is 385 g/mol. The van der Waals surface area contributed by atoms with E-state index in [0.29, 0.717) is 22.2 Å². The molecule has 0 saturated heterocycles. The molecule has 1 aliphatic carbocycles. The number of anilines is 1. The average Bonchev–Trinajstić information content (AvgIpc) is 3.13. The summed E-state index contributed by atoms with van der Waals surface area (Å²) < 4.78 is 19.8. The van der Waals surface area contributed by atoms with Gasteiger partial charge in [0.15, 0.2) is 5.84 Å². The Bertz CT molecular complexity index is 989. The molecule has 1 spiro atoms. The van der Waals surface area contributed by atoms with Crippen LogP contribution in [0, 0.1) is 5.82 Å². The Kier molecular flexibility index (Phi) is 4.50. The average molecular weight is 404 g/mol.